The second-order valence-electron chi connectivity index (χ2n) is 9.89. The lowest BCUT2D eigenvalue weighted by atomic mass is 9.86. The van der Waals surface area contributed by atoms with Crippen LogP contribution in [0, 0.1) is 0 Å². The summed E-state index contributed by atoms with van der Waals surface area (Å²) in [4.78, 5) is 25.9. The third kappa shape index (κ3) is 4.76. The van der Waals surface area contributed by atoms with Crippen molar-refractivity contribution in [3.05, 3.63) is 106 Å². The summed E-state index contributed by atoms with van der Waals surface area (Å²) < 4.78 is 0. The molecule has 0 spiro atoms. The SMILES string of the molecule is CC(C)(C)c1ccc(C(=O)c2cccc(C(=O)c3ccc(C(C)(C)C)cc3)c2)cc1. The highest BCUT2D eigenvalue weighted by Crippen LogP contribution is 2.24. The van der Waals surface area contributed by atoms with E-state index >= 15 is 0 Å². The fraction of sp³-hybridized carbons (Fsp3) is 0.286. The third-order valence-electron chi connectivity index (χ3n) is 5.41. The van der Waals surface area contributed by atoms with Crippen LogP contribution in [0.4, 0.5) is 0 Å². The maximum Gasteiger partial charge on any atom is 0.193 e. The van der Waals surface area contributed by atoms with E-state index < -0.39 is 0 Å². The number of hydrogen-bond donors (Lipinski definition) is 0. The van der Waals surface area contributed by atoms with Gasteiger partial charge in [-0.25, -0.2) is 0 Å². The van der Waals surface area contributed by atoms with E-state index in [-0.39, 0.29) is 22.4 Å². The Hall–Kier alpha value is -3.00. The molecule has 2 nitrogen and oxygen atoms in total. The van der Waals surface area contributed by atoms with E-state index in [4.69, 9.17) is 0 Å². The van der Waals surface area contributed by atoms with E-state index in [9.17, 15) is 9.59 Å². The van der Waals surface area contributed by atoms with Gasteiger partial charge in [-0.3, -0.25) is 9.59 Å². The second-order valence-corrected chi connectivity index (χ2v) is 9.89. The second kappa shape index (κ2) is 8.02. The predicted molar refractivity (Wildman–Crippen MR) is 124 cm³/mol. The summed E-state index contributed by atoms with van der Waals surface area (Å²) in [5.41, 5.74) is 4.74. The molecule has 0 atom stereocenters. The van der Waals surface area contributed by atoms with Gasteiger partial charge in [0.15, 0.2) is 11.6 Å². The van der Waals surface area contributed by atoms with Gasteiger partial charge in [0, 0.05) is 22.3 Å². The number of carbonyl (C=O) groups is 2. The van der Waals surface area contributed by atoms with Gasteiger partial charge < -0.3 is 0 Å². The zero-order valence-corrected chi connectivity index (χ0v) is 18.7. The fourth-order valence-corrected chi connectivity index (χ4v) is 3.38. The van der Waals surface area contributed by atoms with Gasteiger partial charge in [-0.1, -0.05) is 108 Å². The van der Waals surface area contributed by atoms with Crippen LogP contribution in [0.5, 0.6) is 0 Å². The summed E-state index contributed by atoms with van der Waals surface area (Å²) in [5, 5.41) is 0. The molecule has 0 N–H and O–H groups in total. The molecule has 2 heteroatoms. The highest BCUT2D eigenvalue weighted by Gasteiger charge is 2.18. The van der Waals surface area contributed by atoms with Crippen LogP contribution < -0.4 is 0 Å². The molecule has 0 aliphatic heterocycles. The molecule has 0 saturated carbocycles. The van der Waals surface area contributed by atoms with E-state index in [1.54, 1.807) is 24.3 Å². The van der Waals surface area contributed by atoms with Gasteiger partial charge in [0.1, 0.15) is 0 Å². The molecule has 0 saturated heterocycles. The molecule has 0 radical (unpaired) electrons. The van der Waals surface area contributed by atoms with Crippen LogP contribution in [-0.2, 0) is 10.8 Å². The lowest BCUT2D eigenvalue weighted by Crippen LogP contribution is -2.12. The molecular weight excluding hydrogens is 368 g/mol. The zero-order chi connectivity index (χ0) is 22.1. The number of rotatable bonds is 4. The number of carbonyl (C=O) groups excluding carboxylic acids is 2. The van der Waals surface area contributed by atoms with Crippen molar-refractivity contribution in [2.45, 2.75) is 52.4 Å². The first-order valence-electron chi connectivity index (χ1n) is 10.4. The zero-order valence-electron chi connectivity index (χ0n) is 18.7. The first-order chi connectivity index (χ1) is 14.0. The van der Waals surface area contributed by atoms with E-state index in [0.717, 1.165) is 0 Å². The molecule has 0 aliphatic carbocycles. The van der Waals surface area contributed by atoms with Crippen LogP contribution in [0.25, 0.3) is 0 Å². The van der Waals surface area contributed by atoms with Crippen molar-refractivity contribution in [1.82, 2.24) is 0 Å². The molecule has 3 aromatic carbocycles. The molecule has 3 aromatic rings. The minimum atomic E-state index is -0.0758. The fourth-order valence-electron chi connectivity index (χ4n) is 3.38. The Labute approximate surface area is 180 Å². The predicted octanol–water partition coefficient (Wildman–Crippen LogP) is 6.74. The number of ketones is 2. The Balaban J connectivity index is 1.85. The normalized spacial score (nSPS) is 11.9. The summed E-state index contributed by atoms with van der Waals surface area (Å²) in [6.45, 7) is 12.9. The summed E-state index contributed by atoms with van der Waals surface area (Å²) in [6.07, 6.45) is 0. The smallest absolute Gasteiger partial charge is 0.193 e. The summed E-state index contributed by atoms with van der Waals surface area (Å²) in [6, 6.07) is 22.4. The van der Waals surface area contributed by atoms with Gasteiger partial charge >= 0.3 is 0 Å². The third-order valence-corrected chi connectivity index (χ3v) is 5.41. The topological polar surface area (TPSA) is 34.1 Å². The van der Waals surface area contributed by atoms with Gasteiger partial charge in [-0.2, -0.15) is 0 Å². The lowest BCUT2D eigenvalue weighted by molar-refractivity contribution is 0.103. The van der Waals surface area contributed by atoms with Crippen LogP contribution >= 0.6 is 0 Å². The Kier molecular flexibility index (Phi) is 5.81. The van der Waals surface area contributed by atoms with Crippen LogP contribution in [0.15, 0.2) is 72.8 Å². The van der Waals surface area contributed by atoms with Crippen molar-refractivity contribution < 1.29 is 9.59 Å². The Morgan fingerprint density at radius 3 is 1.13 bits per heavy atom. The molecule has 0 aromatic heterocycles. The van der Waals surface area contributed by atoms with Crippen LogP contribution in [-0.4, -0.2) is 11.6 Å². The standard InChI is InChI=1S/C28H30O2/c1-27(2,3)23-14-10-19(11-15-23)25(29)21-8-7-9-22(18-21)26(30)20-12-16-24(17-13-20)28(4,5)6/h7-18H,1-6H3. The molecule has 0 unspecified atom stereocenters. The minimum absolute atomic E-state index is 0.0381. The van der Waals surface area contributed by atoms with Gasteiger partial charge in [0.25, 0.3) is 0 Å². The van der Waals surface area contributed by atoms with E-state index in [1.807, 2.05) is 48.5 Å². The summed E-state index contributed by atoms with van der Waals surface area (Å²) in [7, 11) is 0. The Bertz CT molecular complexity index is 973. The number of benzene rings is 3. The van der Waals surface area contributed by atoms with Gasteiger partial charge in [0.2, 0.25) is 0 Å². The molecule has 0 heterocycles. The highest BCUT2D eigenvalue weighted by atomic mass is 16.1. The Morgan fingerprint density at radius 1 is 0.500 bits per heavy atom. The molecule has 154 valence electrons. The van der Waals surface area contributed by atoms with Crippen molar-refractivity contribution in [3.63, 3.8) is 0 Å². The van der Waals surface area contributed by atoms with E-state index in [0.29, 0.717) is 22.3 Å². The van der Waals surface area contributed by atoms with Crippen molar-refractivity contribution in [3.8, 4) is 0 Å². The van der Waals surface area contributed by atoms with Crippen molar-refractivity contribution in [1.29, 1.82) is 0 Å². The van der Waals surface area contributed by atoms with Gasteiger partial charge in [0.05, 0.1) is 0 Å². The van der Waals surface area contributed by atoms with Gasteiger partial charge in [-0.05, 0) is 28.0 Å². The summed E-state index contributed by atoms with van der Waals surface area (Å²) >= 11 is 0. The molecular formula is C28H30O2. The molecule has 30 heavy (non-hydrogen) atoms. The average molecular weight is 399 g/mol. The minimum Gasteiger partial charge on any atom is -0.289 e. The van der Waals surface area contributed by atoms with E-state index in [2.05, 4.69) is 41.5 Å². The lowest BCUT2D eigenvalue weighted by Gasteiger charge is -2.19. The maximum absolute atomic E-state index is 13.0. The van der Waals surface area contributed by atoms with Crippen molar-refractivity contribution in [2.24, 2.45) is 0 Å². The molecule has 0 aliphatic rings. The summed E-state index contributed by atoms with van der Waals surface area (Å²) in [5.74, 6) is -0.152. The number of hydrogen-bond acceptors (Lipinski definition) is 2. The molecule has 0 amide bonds. The highest BCUT2D eigenvalue weighted by molar-refractivity contribution is 6.13. The van der Waals surface area contributed by atoms with Crippen molar-refractivity contribution in [2.75, 3.05) is 0 Å². The van der Waals surface area contributed by atoms with E-state index in [1.165, 1.54) is 11.1 Å². The van der Waals surface area contributed by atoms with Gasteiger partial charge in [-0.15, -0.1) is 0 Å². The van der Waals surface area contributed by atoms with Crippen LogP contribution in [0.3, 0.4) is 0 Å². The first-order valence-corrected chi connectivity index (χ1v) is 10.4. The first kappa shape index (κ1) is 21.7. The molecule has 3 rings (SSSR count). The van der Waals surface area contributed by atoms with Crippen molar-refractivity contribution >= 4 is 11.6 Å². The largest absolute Gasteiger partial charge is 0.289 e. The molecule has 0 bridgehead atoms. The molecule has 0 fully saturated rings. The Morgan fingerprint density at radius 2 is 0.833 bits per heavy atom. The van der Waals surface area contributed by atoms with Crippen LogP contribution in [0.1, 0.15) is 84.5 Å². The average Bonchev–Trinajstić information content (AvgIpc) is 2.71. The maximum atomic E-state index is 13.0. The van der Waals surface area contributed by atoms with Crippen LogP contribution in [0.2, 0.25) is 0 Å². The quantitative estimate of drug-likeness (QED) is 0.456. The monoisotopic (exact) mass is 398 g/mol.